The van der Waals surface area contributed by atoms with Crippen molar-refractivity contribution in [2.45, 2.75) is 65.3 Å². The normalized spacial score (nSPS) is 12.6. The topological polar surface area (TPSA) is 37.8 Å². The summed E-state index contributed by atoms with van der Waals surface area (Å²) in [6.07, 6.45) is 2.21. The van der Waals surface area contributed by atoms with E-state index in [0.29, 0.717) is 5.15 Å². The van der Waals surface area contributed by atoms with Crippen LogP contribution in [-0.4, -0.2) is 15.5 Å². The standard InChI is InChI=1S/C14H24ClN3/c1-7-8-14(5,6)18-11-9-10(15)16-12(17-11)13(2,3)4/h9H,7-8H2,1-6H3,(H,16,17,18). The van der Waals surface area contributed by atoms with Gasteiger partial charge in [0.1, 0.15) is 16.8 Å². The van der Waals surface area contributed by atoms with E-state index in [2.05, 4.69) is 56.8 Å². The predicted octanol–water partition coefficient (Wildman–Crippen LogP) is 4.42. The van der Waals surface area contributed by atoms with Crippen molar-refractivity contribution in [2.75, 3.05) is 5.32 Å². The first-order valence-corrected chi connectivity index (χ1v) is 6.85. The van der Waals surface area contributed by atoms with Gasteiger partial charge < -0.3 is 5.32 Å². The van der Waals surface area contributed by atoms with Crippen LogP contribution in [0.5, 0.6) is 0 Å². The van der Waals surface area contributed by atoms with Crippen LogP contribution in [0.1, 0.15) is 60.2 Å². The Labute approximate surface area is 115 Å². The lowest BCUT2D eigenvalue weighted by atomic mass is 9.95. The molecule has 1 rings (SSSR count). The molecule has 0 unspecified atom stereocenters. The number of nitrogens with zero attached hydrogens (tertiary/aromatic N) is 2. The number of hydrogen-bond acceptors (Lipinski definition) is 3. The van der Waals surface area contributed by atoms with E-state index in [1.54, 1.807) is 6.07 Å². The summed E-state index contributed by atoms with van der Waals surface area (Å²) in [5, 5.41) is 3.93. The van der Waals surface area contributed by atoms with Crippen molar-refractivity contribution >= 4 is 17.4 Å². The molecule has 1 heterocycles. The molecule has 4 heteroatoms. The first-order chi connectivity index (χ1) is 8.14. The summed E-state index contributed by atoms with van der Waals surface area (Å²) in [5.74, 6) is 1.57. The van der Waals surface area contributed by atoms with Crippen LogP contribution >= 0.6 is 11.6 Å². The number of rotatable bonds is 4. The summed E-state index contributed by atoms with van der Waals surface area (Å²) < 4.78 is 0. The zero-order valence-electron chi connectivity index (χ0n) is 12.3. The van der Waals surface area contributed by atoms with Crippen molar-refractivity contribution in [3.63, 3.8) is 0 Å². The molecule has 1 aromatic rings. The van der Waals surface area contributed by atoms with E-state index >= 15 is 0 Å². The van der Waals surface area contributed by atoms with Crippen molar-refractivity contribution in [3.05, 3.63) is 17.0 Å². The van der Waals surface area contributed by atoms with Gasteiger partial charge in [-0.05, 0) is 20.3 Å². The minimum Gasteiger partial charge on any atom is -0.365 e. The third kappa shape index (κ3) is 4.45. The third-order valence-electron chi connectivity index (χ3n) is 2.71. The smallest absolute Gasteiger partial charge is 0.137 e. The fraction of sp³-hybridized carbons (Fsp3) is 0.714. The summed E-state index contributed by atoms with van der Waals surface area (Å²) >= 11 is 6.07. The number of anilines is 1. The van der Waals surface area contributed by atoms with E-state index < -0.39 is 0 Å². The number of nitrogens with one attached hydrogen (secondary N) is 1. The van der Waals surface area contributed by atoms with Crippen molar-refractivity contribution in [2.24, 2.45) is 0 Å². The SMILES string of the molecule is CCCC(C)(C)Nc1cc(Cl)nc(C(C)(C)C)n1. The quantitative estimate of drug-likeness (QED) is 0.823. The Morgan fingerprint density at radius 1 is 1.17 bits per heavy atom. The number of halogens is 1. The summed E-state index contributed by atoms with van der Waals surface area (Å²) in [6, 6.07) is 1.79. The maximum atomic E-state index is 6.07. The molecule has 0 amide bonds. The van der Waals surface area contributed by atoms with Crippen LogP contribution in [0.2, 0.25) is 5.15 Å². The fourth-order valence-corrected chi connectivity index (χ4v) is 2.03. The summed E-state index contributed by atoms with van der Waals surface area (Å²) in [5.41, 5.74) is -0.0855. The van der Waals surface area contributed by atoms with Gasteiger partial charge in [-0.2, -0.15) is 0 Å². The Morgan fingerprint density at radius 3 is 2.28 bits per heavy atom. The number of hydrogen-bond donors (Lipinski definition) is 1. The first-order valence-electron chi connectivity index (χ1n) is 6.47. The fourth-order valence-electron chi connectivity index (χ4n) is 1.85. The second-order valence-electron chi connectivity index (χ2n) is 6.41. The van der Waals surface area contributed by atoms with Crippen LogP contribution in [0, 0.1) is 0 Å². The molecule has 102 valence electrons. The zero-order valence-corrected chi connectivity index (χ0v) is 13.0. The van der Waals surface area contributed by atoms with Gasteiger partial charge in [-0.1, -0.05) is 45.7 Å². The van der Waals surface area contributed by atoms with Crippen molar-refractivity contribution in [1.82, 2.24) is 9.97 Å². The number of aromatic nitrogens is 2. The lowest BCUT2D eigenvalue weighted by molar-refractivity contribution is 0.504. The van der Waals surface area contributed by atoms with Gasteiger partial charge in [0.15, 0.2) is 0 Å². The summed E-state index contributed by atoms with van der Waals surface area (Å²) in [7, 11) is 0. The molecule has 0 atom stereocenters. The van der Waals surface area contributed by atoms with Crippen LogP contribution in [0.25, 0.3) is 0 Å². The van der Waals surface area contributed by atoms with Crippen LogP contribution in [0.3, 0.4) is 0 Å². The molecule has 0 aliphatic carbocycles. The van der Waals surface area contributed by atoms with Gasteiger partial charge in [-0.15, -0.1) is 0 Å². The van der Waals surface area contributed by atoms with Crippen molar-refractivity contribution in [1.29, 1.82) is 0 Å². The van der Waals surface area contributed by atoms with Crippen molar-refractivity contribution < 1.29 is 0 Å². The molecular formula is C14H24ClN3. The third-order valence-corrected chi connectivity index (χ3v) is 2.90. The van der Waals surface area contributed by atoms with Crippen LogP contribution < -0.4 is 5.32 Å². The van der Waals surface area contributed by atoms with E-state index in [0.717, 1.165) is 24.5 Å². The molecule has 1 aromatic heterocycles. The van der Waals surface area contributed by atoms with E-state index in [9.17, 15) is 0 Å². The van der Waals surface area contributed by atoms with Gasteiger partial charge in [0.2, 0.25) is 0 Å². The molecule has 0 spiro atoms. The molecule has 0 fully saturated rings. The predicted molar refractivity (Wildman–Crippen MR) is 78.4 cm³/mol. The van der Waals surface area contributed by atoms with Gasteiger partial charge >= 0.3 is 0 Å². The Balaban J connectivity index is 3.00. The first kappa shape index (κ1) is 15.2. The highest BCUT2D eigenvalue weighted by Gasteiger charge is 2.21. The summed E-state index contributed by atoms with van der Waals surface area (Å²) in [4.78, 5) is 8.86. The van der Waals surface area contributed by atoms with Gasteiger partial charge in [-0.3, -0.25) is 0 Å². The zero-order chi connectivity index (χ0) is 14.0. The minimum atomic E-state index is -0.101. The molecular weight excluding hydrogens is 246 g/mol. The van der Waals surface area contributed by atoms with E-state index in [1.807, 2.05) is 0 Å². The van der Waals surface area contributed by atoms with Crippen LogP contribution in [-0.2, 0) is 5.41 Å². The molecule has 0 saturated heterocycles. The average molecular weight is 270 g/mol. The van der Waals surface area contributed by atoms with Gasteiger partial charge in [0.05, 0.1) is 0 Å². The van der Waals surface area contributed by atoms with Gasteiger partial charge in [0.25, 0.3) is 0 Å². The molecule has 0 radical (unpaired) electrons. The van der Waals surface area contributed by atoms with E-state index in [4.69, 9.17) is 11.6 Å². The van der Waals surface area contributed by atoms with Crippen molar-refractivity contribution in [3.8, 4) is 0 Å². The second-order valence-corrected chi connectivity index (χ2v) is 6.80. The Kier molecular flexibility index (Phi) is 4.60. The highest BCUT2D eigenvalue weighted by molar-refractivity contribution is 6.29. The molecule has 0 aromatic carbocycles. The molecule has 1 N–H and O–H groups in total. The highest BCUT2D eigenvalue weighted by atomic mass is 35.5. The molecule has 0 aliphatic rings. The lowest BCUT2D eigenvalue weighted by Gasteiger charge is -2.27. The lowest BCUT2D eigenvalue weighted by Crippen LogP contribution is -2.31. The second kappa shape index (κ2) is 5.43. The molecule has 0 saturated carbocycles. The average Bonchev–Trinajstić information content (AvgIpc) is 2.13. The highest BCUT2D eigenvalue weighted by Crippen LogP contribution is 2.24. The Hall–Kier alpha value is -0.830. The molecule has 0 aliphatic heterocycles. The van der Waals surface area contributed by atoms with E-state index in [1.165, 1.54) is 0 Å². The molecule has 3 nitrogen and oxygen atoms in total. The maximum absolute atomic E-state index is 6.07. The Bertz CT molecular complexity index is 408. The van der Waals surface area contributed by atoms with Gasteiger partial charge in [-0.25, -0.2) is 9.97 Å². The molecule has 0 bridgehead atoms. The van der Waals surface area contributed by atoms with Gasteiger partial charge in [0, 0.05) is 17.0 Å². The monoisotopic (exact) mass is 269 g/mol. The van der Waals surface area contributed by atoms with Crippen LogP contribution in [0.15, 0.2) is 6.07 Å². The minimum absolute atomic E-state index is 0.0155. The van der Waals surface area contributed by atoms with Crippen LogP contribution in [0.4, 0.5) is 5.82 Å². The largest absolute Gasteiger partial charge is 0.365 e. The Morgan fingerprint density at radius 2 is 1.78 bits per heavy atom. The summed E-state index contributed by atoms with van der Waals surface area (Å²) in [6.45, 7) is 12.8. The molecule has 18 heavy (non-hydrogen) atoms. The maximum Gasteiger partial charge on any atom is 0.137 e. The van der Waals surface area contributed by atoms with E-state index in [-0.39, 0.29) is 11.0 Å².